The Kier molecular flexibility index (Phi) is 2.23. The molecule has 0 fully saturated rings. The number of fused-ring (bicyclic) bond motifs is 1. The highest BCUT2D eigenvalue weighted by molar-refractivity contribution is 5.75. The van der Waals surface area contributed by atoms with Crippen molar-refractivity contribution in [2.24, 2.45) is 5.73 Å². The Hall–Kier alpha value is -1.39. The number of aryl methyl sites for hydroxylation is 1. The predicted molar refractivity (Wildman–Crippen MR) is 56.8 cm³/mol. The fourth-order valence-corrected chi connectivity index (χ4v) is 1.51. The molecule has 1 unspecified atom stereocenters. The van der Waals surface area contributed by atoms with Crippen molar-refractivity contribution in [2.45, 2.75) is 13.1 Å². The molecule has 2 aromatic rings. The summed E-state index contributed by atoms with van der Waals surface area (Å²) in [5, 5.41) is 3.00. The smallest absolute Gasteiger partial charge is 0.104 e. The minimum absolute atomic E-state index is 0.122. The first-order valence-corrected chi connectivity index (χ1v) is 4.60. The zero-order valence-electron chi connectivity index (χ0n) is 8.33. The molecule has 0 aliphatic carbocycles. The van der Waals surface area contributed by atoms with Gasteiger partial charge in [0.1, 0.15) is 5.82 Å². The van der Waals surface area contributed by atoms with E-state index in [0.29, 0.717) is 0 Å². The van der Waals surface area contributed by atoms with Crippen LogP contribution in [0.3, 0.4) is 0 Å². The van der Waals surface area contributed by atoms with Crippen molar-refractivity contribution in [3.8, 4) is 0 Å². The molecule has 0 radical (unpaired) electrons. The molecule has 0 aliphatic rings. The fraction of sp³-hybridized carbons (Fsp3) is 0.300. The standard InChI is InChI=1S/C10H14N4/c1-6-13-8-4-3-7(10(11)12-2)5-9(8)14-6/h3-5,10,12H,11H2,1-2H3,(H,13,14). The molecule has 1 heterocycles. The lowest BCUT2D eigenvalue weighted by Crippen LogP contribution is -2.24. The van der Waals surface area contributed by atoms with E-state index in [4.69, 9.17) is 5.73 Å². The molecule has 2 rings (SSSR count). The van der Waals surface area contributed by atoms with Gasteiger partial charge in [0.25, 0.3) is 0 Å². The van der Waals surface area contributed by atoms with Crippen molar-refractivity contribution in [3.63, 3.8) is 0 Å². The van der Waals surface area contributed by atoms with Crippen molar-refractivity contribution < 1.29 is 0 Å². The second kappa shape index (κ2) is 3.40. The Labute approximate surface area is 82.5 Å². The number of nitrogens with two attached hydrogens (primary N) is 1. The van der Waals surface area contributed by atoms with Crippen molar-refractivity contribution >= 4 is 11.0 Å². The van der Waals surface area contributed by atoms with Crippen LogP contribution in [0.5, 0.6) is 0 Å². The lowest BCUT2D eigenvalue weighted by atomic mass is 10.1. The third kappa shape index (κ3) is 1.49. The van der Waals surface area contributed by atoms with Crippen LogP contribution in [0.1, 0.15) is 17.6 Å². The van der Waals surface area contributed by atoms with Crippen LogP contribution in [0.15, 0.2) is 18.2 Å². The molecule has 1 aromatic heterocycles. The van der Waals surface area contributed by atoms with Gasteiger partial charge in [0.15, 0.2) is 0 Å². The van der Waals surface area contributed by atoms with E-state index >= 15 is 0 Å². The molecule has 4 nitrogen and oxygen atoms in total. The molecule has 1 atom stereocenters. The third-order valence-electron chi connectivity index (χ3n) is 2.29. The van der Waals surface area contributed by atoms with Crippen molar-refractivity contribution in [3.05, 3.63) is 29.6 Å². The Bertz CT molecular complexity index is 446. The summed E-state index contributed by atoms with van der Waals surface area (Å²) in [6.45, 7) is 1.94. The minimum Gasteiger partial charge on any atom is -0.342 e. The molecular weight excluding hydrogens is 176 g/mol. The van der Waals surface area contributed by atoms with Crippen LogP contribution in [0.25, 0.3) is 11.0 Å². The molecular formula is C10H14N4. The van der Waals surface area contributed by atoms with Gasteiger partial charge in [-0.1, -0.05) is 6.07 Å². The highest BCUT2D eigenvalue weighted by Gasteiger charge is 2.05. The van der Waals surface area contributed by atoms with E-state index in [2.05, 4.69) is 15.3 Å². The van der Waals surface area contributed by atoms with Gasteiger partial charge in [0, 0.05) is 0 Å². The Morgan fingerprint density at radius 3 is 3.00 bits per heavy atom. The molecule has 14 heavy (non-hydrogen) atoms. The van der Waals surface area contributed by atoms with Gasteiger partial charge in [-0.05, 0) is 31.7 Å². The average Bonchev–Trinajstić information content (AvgIpc) is 2.55. The maximum absolute atomic E-state index is 5.85. The highest BCUT2D eigenvalue weighted by Crippen LogP contribution is 2.16. The second-order valence-corrected chi connectivity index (χ2v) is 3.37. The summed E-state index contributed by atoms with van der Waals surface area (Å²) in [6, 6.07) is 5.99. The second-order valence-electron chi connectivity index (χ2n) is 3.37. The van der Waals surface area contributed by atoms with Crippen LogP contribution in [-0.4, -0.2) is 17.0 Å². The lowest BCUT2D eigenvalue weighted by Gasteiger charge is -2.09. The molecule has 0 bridgehead atoms. The van der Waals surface area contributed by atoms with E-state index in [1.807, 2.05) is 32.2 Å². The first-order valence-electron chi connectivity index (χ1n) is 4.60. The van der Waals surface area contributed by atoms with Gasteiger partial charge in [-0.2, -0.15) is 0 Å². The van der Waals surface area contributed by atoms with Crippen LogP contribution in [0.2, 0.25) is 0 Å². The lowest BCUT2D eigenvalue weighted by molar-refractivity contribution is 0.623. The number of H-pyrrole nitrogens is 1. The fourth-order valence-electron chi connectivity index (χ4n) is 1.51. The van der Waals surface area contributed by atoms with Crippen molar-refractivity contribution in [2.75, 3.05) is 7.05 Å². The Balaban J connectivity index is 2.50. The van der Waals surface area contributed by atoms with Gasteiger partial charge in [-0.15, -0.1) is 0 Å². The molecule has 0 spiro atoms. The van der Waals surface area contributed by atoms with E-state index in [0.717, 1.165) is 22.4 Å². The first kappa shape index (κ1) is 9.18. The summed E-state index contributed by atoms with van der Waals surface area (Å²) < 4.78 is 0. The molecule has 0 saturated heterocycles. The van der Waals surface area contributed by atoms with E-state index in [1.54, 1.807) is 0 Å². The van der Waals surface area contributed by atoms with Gasteiger partial charge in [-0.25, -0.2) is 4.98 Å². The number of nitrogens with one attached hydrogen (secondary N) is 2. The SMILES string of the molecule is CNC(N)c1ccc2nc(C)[nH]c2c1. The minimum atomic E-state index is -0.122. The maximum atomic E-state index is 5.85. The largest absolute Gasteiger partial charge is 0.342 e. The third-order valence-corrected chi connectivity index (χ3v) is 2.29. The van der Waals surface area contributed by atoms with Crippen molar-refractivity contribution in [1.82, 2.24) is 15.3 Å². The predicted octanol–water partition coefficient (Wildman–Crippen LogP) is 1.05. The van der Waals surface area contributed by atoms with Crippen LogP contribution in [0.4, 0.5) is 0 Å². The van der Waals surface area contributed by atoms with Gasteiger partial charge < -0.3 is 16.0 Å². The van der Waals surface area contributed by atoms with Crippen molar-refractivity contribution in [1.29, 1.82) is 0 Å². The molecule has 0 aliphatic heterocycles. The van der Waals surface area contributed by atoms with Crippen LogP contribution < -0.4 is 11.1 Å². The number of imidazole rings is 1. The van der Waals surface area contributed by atoms with Gasteiger partial charge >= 0.3 is 0 Å². The molecule has 0 saturated carbocycles. The van der Waals surface area contributed by atoms with E-state index in [-0.39, 0.29) is 6.17 Å². The molecule has 4 heteroatoms. The number of nitrogens with zero attached hydrogens (tertiary/aromatic N) is 1. The molecule has 74 valence electrons. The first-order chi connectivity index (χ1) is 6.70. The van der Waals surface area contributed by atoms with Gasteiger partial charge in [0.05, 0.1) is 17.2 Å². The van der Waals surface area contributed by atoms with Crippen LogP contribution in [0, 0.1) is 6.92 Å². The zero-order valence-corrected chi connectivity index (χ0v) is 8.33. The number of hydrogen-bond acceptors (Lipinski definition) is 3. The van der Waals surface area contributed by atoms with Crippen LogP contribution in [-0.2, 0) is 0 Å². The number of benzene rings is 1. The highest BCUT2D eigenvalue weighted by atomic mass is 15.0. The van der Waals surface area contributed by atoms with E-state index in [9.17, 15) is 0 Å². The summed E-state index contributed by atoms with van der Waals surface area (Å²) in [5.74, 6) is 0.926. The summed E-state index contributed by atoms with van der Waals surface area (Å²) in [7, 11) is 1.84. The molecule has 4 N–H and O–H groups in total. The Morgan fingerprint density at radius 2 is 2.29 bits per heavy atom. The summed E-state index contributed by atoms with van der Waals surface area (Å²) in [5.41, 5.74) is 8.92. The Morgan fingerprint density at radius 1 is 1.50 bits per heavy atom. The normalized spacial score (nSPS) is 13.4. The molecule has 0 amide bonds. The number of aromatic amines is 1. The molecule has 1 aromatic carbocycles. The number of rotatable bonds is 2. The quantitative estimate of drug-likeness (QED) is 0.620. The van der Waals surface area contributed by atoms with E-state index < -0.39 is 0 Å². The maximum Gasteiger partial charge on any atom is 0.104 e. The summed E-state index contributed by atoms with van der Waals surface area (Å²) in [4.78, 5) is 7.51. The summed E-state index contributed by atoms with van der Waals surface area (Å²) >= 11 is 0. The summed E-state index contributed by atoms with van der Waals surface area (Å²) in [6.07, 6.45) is -0.122. The average molecular weight is 190 g/mol. The topological polar surface area (TPSA) is 66.7 Å². The zero-order chi connectivity index (χ0) is 10.1. The van der Waals surface area contributed by atoms with Crippen LogP contribution >= 0.6 is 0 Å². The van der Waals surface area contributed by atoms with E-state index in [1.165, 1.54) is 0 Å². The van der Waals surface area contributed by atoms with Gasteiger partial charge in [-0.3, -0.25) is 0 Å². The monoisotopic (exact) mass is 190 g/mol. The van der Waals surface area contributed by atoms with Gasteiger partial charge in [0.2, 0.25) is 0 Å². The number of hydrogen-bond donors (Lipinski definition) is 3. The number of aromatic nitrogens is 2.